The quantitative estimate of drug-likeness (QED) is 0.131. The molecule has 34 heavy (non-hydrogen) atoms. The first-order chi connectivity index (χ1) is 16.1. The second-order valence-corrected chi connectivity index (χ2v) is 9.26. The number of carbonyl (C=O) groups excluding carboxylic acids is 2. The van der Waals surface area contributed by atoms with Gasteiger partial charge in [-0.05, 0) is 36.4 Å². The van der Waals surface area contributed by atoms with E-state index in [4.69, 9.17) is 51.1 Å². The molecule has 0 aliphatic heterocycles. The number of para-hydroxylation sites is 1. The molecule has 0 radical (unpaired) electrons. The number of anilines is 1. The van der Waals surface area contributed by atoms with Gasteiger partial charge in [-0.25, -0.2) is 4.79 Å². The molecule has 0 fully saturated rings. The standard InChI is InChI=1S/C23H15Cl4NO5S/c1-33-15-5-3-2-4-13(15)14(29)10-34-12-8-6-11(7-9-12)28-22(30)16-17(23(31)32)19(25)21(27)20(26)18(16)24/h2-9H,10H2,1H3,(H,28,30)(H,31,32). The Morgan fingerprint density at radius 2 is 1.47 bits per heavy atom. The number of ketones is 1. The van der Waals surface area contributed by atoms with Gasteiger partial charge >= 0.3 is 5.97 Å². The molecule has 0 aliphatic rings. The Hall–Kier alpha value is -2.42. The van der Waals surface area contributed by atoms with E-state index in [2.05, 4.69) is 5.32 Å². The molecule has 3 rings (SSSR count). The van der Waals surface area contributed by atoms with Crippen LogP contribution in [-0.2, 0) is 0 Å². The zero-order valence-corrected chi connectivity index (χ0v) is 21.2. The summed E-state index contributed by atoms with van der Waals surface area (Å²) in [6, 6.07) is 13.6. The largest absolute Gasteiger partial charge is 0.496 e. The summed E-state index contributed by atoms with van der Waals surface area (Å²) in [6.07, 6.45) is 0. The first-order valence-electron chi connectivity index (χ1n) is 9.45. The summed E-state index contributed by atoms with van der Waals surface area (Å²) < 4.78 is 5.22. The summed E-state index contributed by atoms with van der Waals surface area (Å²) in [5.74, 6) is -1.71. The summed E-state index contributed by atoms with van der Waals surface area (Å²) in [5, 5.41) is 10.9. The number of methoxy groups -OCH3 is 1. The number of nitrogens with one attached hydrogen (secondary N) is 1. The van der Waals surface area contributed by atoms with Gasteiger partial charge in [0.1, 0.15) is 5.75 Å². The smallest absolute Gasteiger partial charge is 0.338 e. The van der Waals surface area contributed by atoms with Gasteiger partial charge in [0.25, 0.3) is 5.91 Å². The molecule has 0 saturated carbocycles. The van der Waals surface area contributed by atoms with Gasteiger partial charge in [-0.1, -0.05) is 58.5 Å². The predicted molar refractivity (Wildman–Crippen MR) is 136 cm³/mol. The molecule has 1 amide bonds. The summed E-state index contributed by atoms with van der Waals surface area (Å²) in [4.78, 5) is 37.8. The molecule has 0 atom stereocenters. The van der Waals surface area contributed by atoms with Crippen LogP contribution in [0.1, 0.15) is 31.1 Å². The fourth-order valence-corrected chi connectivity index (χ4v) is 4.78. The first-order valence-corrected chi connectivity index (χ1v) is 11.9. The number of aromatic carboxylic acids is 1. The van der Waals surface area contributed by atoms with Crippen molar-refractivity contribution < 1.29 is 24.2 Å². The van der Waals surface area contributed by atoms with Crippen molar-refractivity contribution in [2.75, 3.05) is 18.2 Å². The molecule has 0 spiro atoms. The Morgan fingerprint density at radius 3 is 2.06 bits per heavy atom. The average Bonchev–Trinajstić information content (AvgIpc) is 2.83. The summed E-state index contributed by atoms with van der Waals surface area (Å²) in [6.45, 7) is 0. The highest BCUT2D eigenvalue weighted by Crippen LogP contribution is 2.41. The molecular formula is C23H15Cl4NO5S. The molecule has 6 nitrogen and oxygen atoms in total. The summed E-state index contributed by atoms with van der Waals surface area (Å²) >= 11 is 25.3. The number of thioether (sulfide) groups is 1. The summed E-state index contributed by atoms with van der Waals surface area (Å²) in [7, 11) is 1.50. The number of benzene rings is 3. The topological polar surface area (TPSA) is 92.7 Å². The second kappa shape index (κ2) is 11.3. The summed E-state index contributed by atoms with van der Waals surface area (Å²) in [5.41, 5.74) is -0.109. The lowest BCUT2D eigenvalue weighted by atomic mass is 10.1. The van der Waals surface area contributed by atoms with Crippen molar-refractivity contribution in [3.8, 4) is 5.75 Å². The lowest BCUT2D eigenvalue weighted by Gasteiger charge is -2.14. The van der Waals surface area contributed by atoms with Crippen molar-refractivity contribution in [1.82, 2.24) is 0 Å². The van der Waals surface area contributed by atoms with Gasteiger partial charge in [-0.2, -0.15) is 0 Å². The monoisotopic (exact) mass is 557 g/mol. The number of rotatable bonds is 8. The maximum atomic E-state index is 12.8. The van der Waals surface area contributed by atoms with E-state index in [1.165, 1.54) is 18.9 Å². The van der Waals surface area contributed by atoms with Crippen LogP contribution in [0.5, 0.6) is 5.75 Å². The fraction of sp³-hybridized carbons (Fsp3) is 0.0870. The van der Waals surface area contributed by atoms with E-state index in [9.17, 15) is 19.5 Å². The number of carbonyl (C=O) groups is 3. The molecule has 176 valence electrons. The number of carboxylic acid groups (broad SMARTS) is 1. The minimum Gasteiger partial charge on any atom is -0.496 e. The molecule has 3 aromatic rings. The molecule has 0 aromatic heterocycles. The number of ether oxygens (including phenoxy) is 1. The predicted octanol–water partition coefficient (Wildman–Crippen LogP) is 7.23. The maximum absolute atomic E-state index is 12.8. The van der Waals surface area contributed by atoms with E-state index in [-0.39, 0.29) is 31.6 Å². The number of amides is 1. The van der Waals surface area contributed by atoms with Crippen LogP contribution in [0.2, 0.25) is 20.1 Å². The highest BCUT2D eigenvalue weighted by Gasteiger charge is 2.29. The zero-order chi connectivity index (χ0) is 25.0. The van der Waals surface area contributed by atoms with Crippen molar-refractivity contribution in [1.29, 1.82) is 0 Å². The number of hydrogen-bond acceptors (Lipinski definition) is 5. The molecule has 3 aromatic carbocycles. The minimum atomic E-state index is -1.48. The average molecular weight is 559 g/mol. The van der Waals surface area contributed by atoms with Crippen molar-refractivity contribution in [3.05, 3.63) is 85.3 Å². The van der Waals surface area contributed by atoms with Crippen LogP contribution in [0.4, 0.5) is 5.69 Å². The SMILES string of the molecule is COc1ccccc1C(=O)CSc1ccc(NC(=O)c2c(Cl)c(Cl)c(Cl)c(Cl)c2C(=O)O)cc1. The minimum absolute atomic E-state index is 0.0906. The Labute approximate surface area is 219 Å². The highest BCUT2D eigenvalue weighted by molar-refractivity contribution is 8.00. The van der Waals surface area contributed by atoms with Gasteiger partial charge in [-0.15, -0.1) is 11.8 Å². The van der Waals surface area contributed by atoms with Gasteiger partial charge in [0.15, 0.2) is 5.78 Å². The Balaban J connectivity index is 1.74. The van der Waals surface area contributed by atoms with E-state index in [0.717, 1.165) is 4.90 Å². The lowest BCUT2D eigenvalue weighted by Crippen LogP contribution is -2.18. The lowest BCUT2D eigenvalue weighted by molar-refractivity contribution is 0.0692. The van der Waals surface area contributed by atoms with Crippen LogP contribution in [-0.4, -0.2) is 35.6 Å². The zero-order valence-electron chi connectivity index (χ0n) is 17.3. The van der Waals surface area contributed by atoms with E-state index in [0.29, 0.717) is 17.0 Å². The van der Waals surface area contributed by atoms with Crippen molar-refractivity contribution in [2.24, 2.45) is 0 Å². The molecule has 0 aliphatic carbocycles. The van der Waals surface area contributed by atoms with Gasteiger partial charge in [-0.3, -0.25) is 9.59 Å². The molecule has 0 bridgehead atoms. The van der Waals surface area contributed by atoms with Gasteiger partial charge in [0, 0.05) is 10.6 Å². The van der Waals surface area contributed by atoms with Crippen LogP contribution in [0.3, 0.4) is 0 Å². The van der Waals surface area contributed by atoms with Crippen LogP contribution < -0.4 is 10.1 Å². The van der Waals surface area contributed by atoms with Crippen molar-refractivity contribution >= 4 is 81.5 Å². The highest BCUT2D eigenvalue weighted by atomic mass is 35.5. The van der Waals surface area contributed by atoms with E-state index in [1.54, 1.807) is 48.5 Å². The Kier molecular flexibility index (Phi) is 8.73. The van der Waals surface area contributed by atoms with E-state index < -0.39 is 23.0 Å². The van der Waals surface area contributed by atoms with Crippen LogP contribution in [0, 0.1) is 0 Å². The molecule has 0 unspecified atom stereocenters. The number of Topliss-reactive ketones (excluding diaryl/α,β-unsaturated/α-hetero) is 1. The molecule has 11 heteroatoms. The van der Waals surface area contributed by atoms with E-state index >= 15 is 0 Å². The van der Waals surface area contributed by atoms with Gasteiger partial charge in [0.2, 0.25) is 0 Å². The van der Waals surface area contributed by atoms with Gasteiger partial charge in [0.05, 0.1) is 49.6 Å². The van der Waals surface area contributed by atoms with Crippen molar-refractivity contribution in [2.45, 2.75) is 4.90 Å². The maximum Gasteiger partial charge on any atom is 0.338 e. The molecule has 0 saturated heterocycles. The fourth-order valence-electron chi connectivity index (χ4n) is 2.98. The Morgan fingerprint density at radius 1 is 0.882 bits per heavy atom. The van der Waals surface area contributed by atoms with Crippen LogP contribution in [0.25, 0.3) is 0 Å². The normalized spacial score (nSPS) is 10.6. The van der Waals surface area contributed by atoms with Crippen molar-refractivity contribution in [3.63, 3.8) is 0 Å². The van der Waals surface area contributed by atoms with E-state index in [1.807, 2.05) is 0 Å². The van der Waals surface area contributed by atoms with Crippen LogP contribution in [0.15, 0.2) is 53.4 Å². The Bertz CT molecular complexity index is 1280. The van der Waals surface area contributed by atoms with Crippen LogP contribution >= 0.6 is 58.2 Å². The third-order valence-electron chi connectivity index (χ3n) is 4.60. The first kappa shape index (κ1) is 26.2. The number of hydrogen-bond donors (Lipinski definition) is 2. The molecule has 0 heterocycles. The molecule has 2 N–H and O–H groups in total. The third-order valence-corrected chi connectivity index (χ3v) is 7.41. The third kappa shape index (κ3) is 5.62. The number of carboxylic acids is 1. The molecular weight excluding hydrogens is 544 g/mol. The number of halogens is 4. The van der Waals surface area contributed by atoms with Gasteiger partial charge < -0.3 is 15.2 Å². The second-order valence-electron chi connectivity index (χ2n) is 6.70.